The van der Waals surface area contributed by atoms with Gasteiger partial charge in [0, 0.05) is 37.2 Å². The molecule has 0 saturated heterocycles. The second-order valence-corrected chi connectivity index (χ2v) is 6.29. The summed E-state index contributed by atoms with van der Waals surface area (Å²) >= 11 is 0. The van der Waals surface area contributed by atoms with Crippen molar-refractivity contribution < 1.29 is 4.92 Å². The molecule has 0 radical (unpaired) electrons. The predicted molar refractivity (Wildman–Crippen MR) is 100 cm³/mol. The first kappa shape index (κ1) is 16.0. The van der Waals surface area contributed by atoms with E-state index in [1.54, 1.807) is 12.1 Å². The Morgan fingerprint density at radius 2 is 1.96 bits per heavy atom. The molecule has 0 spiro atoms. The predicted octanol–water partition coefficient (Wildman–Crippen LogP) is 3.74. The molecule has 0 aliphatic rings. The van der Waals surface area contributed by atoms with Crippen LogP contribution in [-0.2, 0) is 6.54 Å². The molecule has 0 atom stereocenters. The molecule has 26 heavy (non-hydrogen) atoms. The molecule has 0 unspecified atom stereocenters. The van der Waals surface area contributed by atoms with Crippen molar-refractivity contribution in [2.45, 2.75) is 13.5 Å². The molecule has 7 nitrogen and oxygen atoms in total. The van der Waals surface area contributed by atoms with Crippen LogP contribution in [0.15, 0.2) is 54.6 Å². The van der Waals surface area contributed by atoms with Crippen LogP contribution in [0.5, 0.6) is 0 Å². The van der Waals surface area contributed by atoms with Gasteiger partial charge < -0.3 is 4.90 Å². The highest BCUT2D eigenvalue weighted by Gasteiger charge is 2.14. The second-order valence-electron chi connectivity index (χ2n) is 6.29. The molecule has 7 heteroatoms. The molecule has 2 aromatic carbocycles. The Balaban J connectivity index is 1.79. The Kier molecular flexibility index (Phi) is 3.76. The lowest BCUT2D eigenvalue weighted by Gasteiger charge is -2.20. The standard InChI is InChI=1S/C19H17N5O2/c1-13-10-18-20-19(16-8-3-4-9-17(16)23(18)21-13)22(2)12-14-6-5-7-15(11-14)24(25)26/h3-11H,12H2,1-2H3. The van der Waals surface area contributed by atoms with Gasteiger partial charge in [-0.3, -0.25) is 10.1 Å². The van der Waals surface area contributed by atoms with E-state index >= 15 is 0 Å². The van der Waals surface area contributed by atoms with Crippen molar-refractivity contribution in [1.29, 1.82) is 0 Å². The summed E-state index contributed by atoms with van der Waals surface area (Å²) in [5.41, 5.74) is 3.61. The summed E-state index contributed by atoms with van der Waals surface area (Å²) in [7, 11) is 1.94. The number of nitro groups is 1. The first-order valence-corrected chi connectivity index (χ1v) is 8.22. The number of non-ortho nitro benzene ring substituents is 1. The molecule has 2 aromatic heterocycles. The summed E-state index contributed by atoms with van der Waals surface area (Å²) in [5.74, 6) is 0.819. The molecule has 130 valence electrons. The highest BCUT2D eigenvalue weighted by atomic mass is 16.6. The zero-order chi connectivity index (χ0) is 18.3. The van der Waals surface area contributed by atoms with E-state index in [4.69, 9.17) is 4.98 Å². The van der Waals surface area contributed by atoms with Crippen LogP contribution in [0, 0.1) is 17.0 Å². The van der Waals surface area contributed by atoms with E-state index in [2.05, 4.69) is 5.10 Å². The Bertz CT molecular complexity index is 1140. The Labute approximate surface area is 149 Å². The quantitative estimate of drug-likeness (QED) is 0.415. The molecule has 4 rings (SSSR count). The van der Waals surface area contributed by atoms with Crippen molar-refractivity contribution in [2.24, 2.45) is 0 Å². The molecule has 0 bridgehead atoms. The number of aromatic nitrogens is 3. The van der Waals surface area contributed by atoms with E-state index in [9.17, 15) is 10.1 Å². The van der Waals surface area contributed by atoms with Crippen LogP contribution in [0.4, 0.5) is 11.5 Å². The lowest BCUT2D eigenvalue weighted by atomic mass is 10.1. The van der Waals surface area contributed by atoms with Gasteiger partial charge in [-0.25, -0.2) is 9.50 Å². The number of para-hydroxylation sites is 1. The first-order valence-electron chi connectivity index (χ1n) is 8.22. The van der Waals surface area contributed by atoms with Crippen LogP contribution in [0.1, 0.15) is 11.3 Å². The number of aryl methyl sites for hydroxylation is 1. The summed E-state index contributed by atoms with van der Waals surface area (Å²) in [6.45, 7) is 2.46. The van der Waals surface area contributed by atoms with Gasteiger partial charge in [0.25, 0.3) is 5.69 Å². The van der Waals surface area contributed by atoms with Crippen molar-refractivity contribution in [3.8, 4) is 0 Å². The highest BCUT2D eigenvalue weighted by molar-refractivity contribution is 5.91. The van der Waals surface area contributed by atoms with Crippen molar-refractivity contribution in [2.75, 3.05) is 11.9 Å². The average molecular weight is 347 g/mol. The van der Waals surface area contributed by atoms with Gasteiger partial charge in [0.15, 0.2) is 5.65 Å². The van der Waals surface area contributed by atoms with Gasteiger partial charge in [-0.2, -0.15) is 5.10 Å². The molecule has 0 aliphatic heterocycles. The molecule has 0 N–H and O–H groups in total. The third-order valence-electron chi connectivity index (χ3n) is 4.31. The maximum absolute atomic E-state index is 11.0. The van der Waals surface area contributed by atoms with E-state index in [1.807, 2.05) is 59.8 Å². The summed E-state index contributed by atoms with van der Waals surface area (Å²) in [4.78, 5) is 17.4. The number of anilines is 1. The Hall–Kier alpha value is -3.48. The third kappa shape index (κ3) is 2.73. The van der Waals surface area contributed by atoms with Crippen LogP contribution in [0.25, 0.3) is 16.6 Å². The number of nitro benzene ring substituents is 1. The van der Waals surface area contributed by atoms with E-state index in [-0.39, 0.29) is 10.6 Å². The van der Waals surface area contributed by atoms with E-state index < -0.39 is 0 Å². The Morgan fingerprint density at radius 1 is 1.15 bits per heavy atom. The minimum atomic E-state index is -0.377. The zero-order valence-electron chi connectivity index (χ0n) is 14.5. The molecule has 0 aliphatic carbocycles. The van der Waals surface area contributed by atoms with Crippen molar-refractivity contribution in [1.82, 2.24) is 14.6 Å². The number of nitrogens with zero attached hydrogens (tertiary/aromatic N) is 5. The fourth-order valence-electron chi connectivity index (χ4n) is 3.17. The molecular weight excluding hydrogens is 330 g/mol. The maximum Gasteiger partial charge on any atom is 0.269 e. The minimum Gasteiger partial charge on any atom is -0.355 e. The van der Waals surface area contributed by atoms with Crippen molar-refractivity contribution >= 4 is 28.1 Å². The second kappa shape index (κ2) is 6.11. The van der Waals surface area contributed by atoms with E-state index in [0.29, 0.717) is 6.54 Å². The van der Waals surface area contributed by atoms with Gasteiger partial charge in [-0.1, -0.05) is 24.3 Å². The number of hydrogen-bond donors (Lipinski definition) is 0. The maximum atomic E-state index is 11.0. The molecule has 4 aromatic rings. The van der Waals surface area contributed by atoms with Crippen LogP contribution in [0.2, 0.25) is 0 Å². The van der Waals surface area contributed by atoms with Crippen LogP contribution in [-0.4, -0.2) is 26.6 Å². The monoisotopic (exact) mass is 347 g/mol. The minimum absolute atomic E-state index is 0.0931. The largest absolute Gasteiger partial charge is 0.355 e. The van der Waals surface area contributed by atoms with Crippen LogP contribution >= 0.6 is 0 Å². The van der Waals surface area contributed by atoms with E-state index in [0.717, 1.165) is 33.6 Å². The number of rotatable bonds is 4. The Morgan fingerprint density at radius 3 is 2.77 bits per heavy atom. The fourth-order valence-corrected chi connectivity index (χ4v) is 3.17. The average Bonchev–Trinajstić information content (AvgIpc) is 3.01. The summed E-state index contributed by atoms with van der Waals surface area (Å²) < 4.78 is 1.84. The smallest absolute Gasteiger partial charge is 0.269 e. The zero-order valence-corrected chi connectivity index (χ0v) is 14.5. The van der Waals surface area contributed by atoms with Gasteiger partial charge in [0.2, 0.25) is 0 Å². The molecule has 0 saturated carbocycles. The first-order chi connectivity index (χ1) is 12.5. The van der Waals surface area contributed by atoms with Crippen molar-refractivity contribution in [3.63, 3.8) is 0 Å². The molecule has 0 amide bonds. The fraction of sp³-hybridized carbons (Fsp3) is 0.158. The van der Waals surface area contributed by atoms with Gasteiger partial charge in [0.05, 0.1) is 16.1 Å². The number of benzene rings is 2. The molecule has 0 fully saturated rings. The lowest BCUT2D eigenvalue weighted by molar-refractivity contribution is -0.384. The van der Waals surface area contributed by atoms with Gasteiger partial charge in [-0.15, -0.1) is 0 Å². The van der Waals surface area contributed by atoms with Gasteiger partial charge >= 0.3 is 0 Å². The summed E-state index contributed by atoms with van der Waals surface area (Å²) in [5, 5.41) is 16.5. The SMILES string of the molecule is Cc1cc2nc(N(C)Cc3cccc([N+](=O)[O-])c3)c3ccccc3n2n1. The topological polar surface area (TPSA) is 76.6 Å². The number of hydrogen-bond acceptors (Lipinski definition) is 5. The summed E-state index contributed by atoms with van der Waals surface area (Å²) in [6, 6.07) is 16.6. The number of fused-ring (bicyclic) bond motifs is 3. The van der Waals surface area contributed by atoms with Crippen LogP contribution in [0.3, 0.4) is 0 Å². The normalized spacial score (nSPS) is 11.2. The molecular formula is C19H17N5O2. The highest BCUT2D eigenvalue weighted by Crippen LogP contribution is 2.27. The van der Waals surface area contributed by atoms with Gasteiger partial charge in [-0.05, 0) is 24.6 Å². The third-order valence-corrected chi connectivity index (χ3v) is 4.31. The van der Waals surface area contributed by atoms with Gasteiger partial charge in [0.1, 0.15) is 5.82 Å². The van der Waals surface area contributed by atoms with Crippen molar-refractivity contribution in [3.05, 3.63) is 76.0 Å². The molecule has 2 heterocycles. The van der Waals surface area contributed by atoms with E-state index in [1.165, 1.54) is 6.07 Å². The lowest BCUT2D eigenvalue weighted by Crippen LogP contribution is -2.18. The van der Waals surface area contributed by atoms with Crippen LogP contribution < -0.4 is 4.90 Å². The summed E-state index contributed by atoms with van der Waals surface area (Å²) in [6.07, 6.45) is 0.